The van der Waals surface area contributed by atoms with E-state index in [0.29, 0.717) is 5.69 Å². The minimum Gasteiger partial charge on any atom is -0.464 e. The molecule has 0 aliphatic heterocycles. The van der Waals surface area contributed by atoms with Crippen LogP contribution in [-0.2, 0) is 4.74 Å². The van der Waals surface area contributed by atoms with Crippen LogP contribution in [0.3, 0.4) is 0 Å². The molecular weight excluding hydrogens is 260 g/mol. The summed E-state index contributed by atoms with van der Waals surface area (Å²) in [6.45, 7) is 0. The number of carbonyl (C=O) groups excluding carboxylic acids is 2. The zero-order chi connectivity index (χ0) is 14.7. The number of benzene rings is 1. The van der Waals surface area contributed by atoms with Crippen molar-refractivity contribution < 1.29 is 14.3 Å². The van der Waals surface area contributed by atoms with Crippen molar-refractivity contribution in [2.24, 2.45) is 0 Å². The number of amides is 1. The first-order chi connectivity index (χ1) is 9.54. The lowest BCUT2D eigenvalue weighted by molar-refractivity contribution is 0.0586. The first-order valence-corrected chi connectivity index (χ1v) is 5.87. The second kappa shape index (κ2) is 5.52. The molecule has 0 saturated heterocycles. The van der Waals surface area contributed by atoms with Gasteiger partial charge in [-0.05, 0) is 12.1 Å². The van der Waals surface area contributed by atoms with Crippen LogP contribution in [0.5, 0.6) is 0 Å². The third-order valence-corrected chi connectivity index (χ3v) is 2.59. The molecule has 0 N–H and O–H groups in total. The van der Waals surface area contributed by atoms with Gasteiger partial charge in [-0.25, -0.2) is 4.79 Å². The van der Waals surface area contributed by atoms with Crippen molar-refractivity contribution in [1.82, 2.24) is 19.9 Å². The van der Waals surface area contributed by atoms with E-state index in [1.54, 1.807) is 26.2 Å². The van der Waals surface area contributed by atoms with Crippen molar-refractivity contribution in [3.05, 3.63) is 41.7 Å². The summed E-state index contributed by atoms with van der Waals surface area (Å²) in [7, 11) is 4.38. The van der Waals surface area contributed by atoms with Crippen LogP contribution in [0.15, 0.2) is 30.3 Å². The van der Waals surface area contributed by atoms with Crippen molar-refractivity contribution >= 4 is 11.9 Å². The molecule has 2 rings (SSSR count). The van der Waals surface area contributed by atoms with Crippen LogP contribution in [0.25, 0.3) is 5.69 Å². The number of esters is 1. The van der Waals surface area contributed by atoms with Crippen molar-refractivity contribution in [2.75, 3.05) is 21.2 Å². The fourth-order valence-electron chi connectivity index (χ4n) is 1.57. The third-order valence-electron chi connectivity index (χ3n) is 2.59. The van der Waals surface area contributed by atoms with Gasteiger partial charge >= 0.3 is 5.97 Å². The molecule has 0 saturated carbocycles. The number of methoxy groups -OCH3 is 1. The van der Waals surface area contributed by atoms with Gasteiger partial charge in [0.2, 0.25) is 5.69 Å². The van der Waals surface area contributed by atoms with Crippen molar-refractivity contribution in [3.63, 3.8) is 0 Å². The van der Waals surface area contributed by atoms with Crippen LogP contribution < -0.4 is 0 Å². The fraction of sp³-hybridized carbons (Fsp3) is 0.231. The molecule has 1 amide bonds. The fourth-order valence-corrected chi connectivity index (χ4v) is 1.57. The Morgan fingerprint density at radius 2 is 1.70 bits per heavy atom. The summed E-state index contributed by atoms with van der Waals surface area (Å²) in [5, 5.41) is 8.12. The number of aromatic nitrogens is 3. The summed E-state index contributed by atoms with van der Waals surface area (Å²) in [5.74, 6) is -1.11. The normalized spacial score (nSPS) is 10.2. The van der Waals surface area contributed by atoms with Gasteiger partial charge in [0.25, 0.3) is 5.91 Å². The van der Waals surface area contributed by atoms with Gasteiger partial charge in [-0.15, -0.1) is 15.0 Å². The van der Waals surface area contributed by atoms with E-state index in [1.165, 1.54) is 16.8 Å². The SMILES string of the molecule is COC(=O)c1nn(-c2ccccc2)nc1C(=O)N(C)C. The van der Waals surface area contributed by atoms with Gasteiger partial charge in [-0.1, -0.05) is 18.2 Å². The number of hydrogen-bond acceptors (Lipinski definition) is 5. The second-order valence-electron chi connectivity index (χ2n) is 4.21. The van der Waals surface area contributed by atoms with Gasteiger partial charge in [-0.2, -0.15) is 0 Å². The lowest BCUT2D eigenvalue weighted by Gasteiger charge is -2.07. The minimum atomic E-state index is -0.697. The maximum absolute atomic E-state index is 12.0. The Bertz CT molecular complexity index is 634. The van der Waals surface area contributed by atoms with E-state index in [0.717, 1.165) is 0 Å². The summed E-state index contributed by atoms with van der Waals surface area (Å²) in [6.07, 6.45) is 0. The smallest absolute Gasteiger partial charge is 0.361 e. The maximum atomic E-state index is 12.0. The number of hydrogen-bond donors (Lipinski definition) is 0. The lowest BCUT2D eigenvalue weighted by atomic mass is 10.3. The summed E-state index contributed by atoms with van der Waals surface area (Å²) in [6, 6.07) is 9.00. The Kier molecular flexibility index (Phi) is 3.79. The predicted octanol–water partition coefficient (Wildman–Crippen LogP) is 0.756. The zero-order valence-electron chi connectivity index (χ0n) is 11.4. The number of rotatable bonds is 3. The quantitative estimate of drug-likeness (QED) is 0.772. The van der Waals surface area contributed by atoms with Gasteiger partial charge in [-0.3, -0.25) is 4.79 Å². The topological polar surface area (TPSA) is 77.3 Å². The molecule has 7 nitrogen and oxygen atoms in total. The van der Waals surface area contributed by atoms with Crippen molar-refractivity contribution in [2.45, 2.75) is 0 Å². The molecule has 20 heavy (non-hydrogen) atoms. The van der Waals surface area contributed by atoms with Crippen LogP contribution in [0.1, 0.15) is 21.0 Å². The Labute approximate surface area is 115 Å². The summed E-state index contributed by atoms with van der Waals surface area (Å²) >= 11 is 0. The maximum Gasteiger partial charge on any atom is 0.361 e. The lowest BCUT2D eigenvalue weighted by Crippen LogP contribution is -2.24. The third kappa shape index (κ3) is 2.51. The number of nitrogens with zero attached hydrogens (tertiary/aromatic N) is 4. The molecular formula is C13H14N4O3. The molecule has 1 aromatic heterocycles. The molecule has 7 heteroatoms. The Balaban J connectivity index is 2.53. The zero-order valence-corrected chi connectivity index (χ0v) is 11.4. The number of ether oxygens (including phenoxy) is 1. The van der Waals surface area contributed by atoms with E-state index < -0.39 is 11.9 Å². The number of carbonyl (C=O) groups is 2. The van der Waals surface area contributed by atoms with Crippen LogP contribution in [-0.4, -0.2) is 53.0 Å². The molecule has 1 heterocycles. The summed E-state index contributed by atoms with van der Waals surface area (Å²) in [4.78, 5) is 26.3. The van der Waals surface area contributed by atoms with E-state index in [9.17, 15) is 9.59 Å². The van der Waals surface area contributed by atoms with E-state index in [4.69, 9.17) is 0 Å². The first-order valence-electron chi connectivity index (χ1n) is 5.87. The molecule has 0 aliphatic carbocycles. The summed E-state index contributed by atoms with van der Waals surface area (Å²) in [5.41, 5.74) is 0.510. The average Bonchev–Trinajstić information content (AvgIpc) is 2.91. The average molecular weight is 274 g/mol. The van der Waals surface area contributed by atoms with Crippen molar-refractivity contribution in [1.29, 1.82) is 0 Å². The molecule has 0 atom stereocenters. The van der Waals surface area contributed by atoms with Crippen LogP contribution in [0.4, 0.5) is 0 Å². The van der Waals surface area contributed by atoms with Crippen molar-refractivity contribution in [3.8, 4) is 5.69 Å². The molecule has 0 fully saturated rings. The molecule has 0 radical (unpaired) electrons. The molecule has 2 aromatic rings. The molecule has 104 valence electrons. The van der Waals surface area contributed by atoms with Gasteiger partial charge in [0.05, 0.1) is 12.8 Å². The molecule has 0 spiro atoms. The van der Waals surface area contributed by atoms with E-state index >= 15 is 0 Å². The van der Waals surface area contributed by atoms with Gasteiger partial charge in [0.1, 0.15) is 0 Å². The van der Waals surface area contributed by atoms with Crippen LogP contribution in [0.2, 0.25) is 0 Å². The van der Waals surface area contributed by atoms with E-state index in [1.807, 2.05) is 18.2 Å². The highest BCUT2D eigenvalue weighted by Crippen LogP contribution is 2.11. The largest absolute Gasteiger partial charge is 0.464 e. The first kappa shape index (κ1) is 13.7. The Morgan fingerprint density at radius 1 is 1.10 bits per heavy atom. The second-order valence-corrected chi connectivity index (χ2v) is 4.21. The molecule has 0 aliphatic rings. The standard InChI is InChI=1S/C13H14N4O3/c1-16(2)12(18)10-11(13(19)20-3)15-17(14-10)9-7-5-4-6-8-9/h4-8H,1-3H3. The highest BCUT2D eigenvalue weighted by molar-refractivity contribution is 6.02. The van der Waals surface area contributed by atoms with Gasteiger partial charge in [0.15, 0.2) is 5.69 Å². The van der Waals surface area contributed by atoms with Crippen LogP contribution >= 0.6 is 0 Å². The van der Waals surface area contributed by atoms with E-state index in [-0.39, 0.29) is 11.4 Å². The monoisotopic (exact) mass is 274 g/mol. The Morgan fingerprint density at radius 3 is 2.25 bits per heavy atom. The van der Waals surface area contributed by atoms with Crippen LogP contribution in [0, 0.1) is 0 Å². The Hall–Kier alpha value is -2.70. The number of para-hydroxylation sites is 1. The molecule has 0 bridgehead atoms. The highest BCUT2D eigenvalue weighted by atomic mass is 16.5. The minimum absolute atomic E-state index is 0.0364. The highest BCUT2D eigenvalue weighted by Gasteiger charge is 2.26. The van der Waals surface area contributed by atoms with E-state index in [2.05, 4.69) is 14.9 Å². The predicted molar refractivity (Wildman–Crippen MR) is 70.7 cm³/mol. The molecule has 1 aromatic carbocycles. The summed E-state index contributed by atoms with van der Waals surface area (Å²) < 4.78 is 4.63. The molecule has 0 unspecified atom stereocenters. The van der Waals surface area contributed by atoms with Gasteiger partial charge in [0, 0.05) is 14.1 Å². The van der Waals surface area contributed by atoms with Gasteiger partial charge < -0.3 is 9.64 Å².